The van der Waals surface area contributed by atoms with Gasteiger partial charge in [-0.25, -0.2) is 14.4 Å². The standard InChI is InChI=1S/C7H10O4.C6H10O3/c1-4(2)5(7(10)11)3-6(8)9;1-4(2)3-5(7)6(8)9/h3-4H,1-2H3,(H,8,9)(H,10,11);4H,3H2,1-2H3,(H,8,9)/b5-3-;. The quantitative estimate of drug-likeness (QED) is 0.498. The molecule has 0 aliphatic carbocycles. The molecule has 114 valence electrons. The monoisotopic (exact) mass is 288 g/mol. The number of carboxylic acids is 3. The molecule has 0 bridgehead atoms. The maximum atomic E-state index is 10.4. The van der Waals surface area contributed by atoms with Crippen molar-refractivity contribution in [1.29, 1.82) is 0 Å². The average molecular weight is 288 g/mol. The lowest BCUT2D eigenvalue weighted by Gasteiger charge is -2.02. The molecule has 0 aromatic carbocycles. The van der Waals surface area contributed by atoms with Crippen LogP contribution in [0.5, 0.6) is 0 Å². The van der Waals surface area contributed by atoms with Gasteiger partial charge in [-0.1, -0.05) is 27.7 Å². The molecule has 0 saturated heterocycles. The summed E-state index contributed by atoms with van der Waals surface area (Å²) in [5, 5.41) is 24.8. The third-order valence-electron chi connectivity index (χ3n) is 1.98. The molecule has 0 aliphatic rings. The third kappa shape index (κ3) is 10.9. The van der Waals surface area contributed by atoms with E-state index in [2.05, 4.69) is 0 Å². The van der Waals surface area contributed by atoms with Crippen LogP contribution in [0.2, 0.25) is 0 Å². The topological polar surface area (TPSA) is 129 Å². The third-order valence-corrected chi connectivity index (χ3v) is 1.98. The highest BCUT2D eigenvalue weighted by Crippen LogP contribution is 2.08. The molecule has 3 N–H and O–H groups in total. The van der Waals surface area contributed by atoms with Gasteiger partial charge >= 0.3 is 17.9 Å². The van der Waals surface area contributed by atoms with Gasteiger partial charge in [0.15, 0.2) is 0 Å². The Bertz CT molecular complexity index is 405. The van der Waals surface area contributed by atoms with Crippen LogP contribution in [0.1, 0.15) is 34.1 Å². The van der Waals surface area contributed by atoms with Crippen LogP contribution in [0.15, 0.2) is 11.6 Å². The van der Waals surface area contributed by atoms with Crippen molar-refractivity contribution in [3.63, 3.8) is 0 Å². The van der Waals surface area contributed by atoms with Gasteiger partial charge in [0.2, 0.25) is 5.78 Å². The zero-order valence-electron chi connectivity index (χ0n) is 11.9. The van der Waals surface area contributed by atoms with Gasteiger partial charge < -0.3 is 15.3 Å². The van der Waals surface area contributed by atoms with Crippen LogP contribution in [0.25, 0.3) is 0 Å². The summed E-state index contributed by atoms with van der Waals surface area (Å²) >= 11 is 0. The van der Waals surface area contributed by atoms with E-state index in [0.717, 1.165) is 0 Å². The van der Waals surface area contributed by atoms with Gasteiger partial charge in [-0.2, -0.15) is 0 Å². The fourth-order valence-electron chi connectivity index (χ4n) is 1.07. The maximum absolute atomic E-state index is 10.4. The van der Waals surface area contributed by atoms with E-state index in [-0.39, 0.29) is 23.8 Å². The summed E-state index contributed by atoms with van der Waals surface area (Å²) in [4.78, 5) is 40.7. The van der Waals surface area contributed by atoms with Crippen LogP contribution in [-0.2, 0) is 19.2 Å². The predicted octanol–water partition coefficient (Wildman–Crippen LogP) is 1.42. The second-order valence-corrected chi connectivity index (χ2v) is 4.72. The number of aliphatic carboxylic acids is 3. The van der Waals surface area contributed by atoms with Crippen LogP contribution in [0.3, 0.4) is 0 Å². The highest BCUT2D eigenvalue weighted by Gasteiger charge is 2.13. The minimum atomic E-state index is -1.33. The predicted molar refractivity (Wildman–Crippen MR) is 70.3 cm³/mol. The summed E-state index contributed by atoms with van der Waals surface area (Å²) in [7, 11) is 0. The summed E-state index contributed by atoms with van der Waals surface area (Å²) in [5.74, 6) is -4.58. The zero-order chi connectivity index (χ0) is 16.5. The van der Waals surface area contributed by atoms with Crippen molar-refractivity contribution < 1.29 is 34.5 Å². The molecule has 0 atom stereocenters. The molecule has 0 fully saturated rings. The first-order valence-corrected chi connectivity index (χ1v) is 5.92. The number of hydrogen-bond acceptors (Lipinski definition) is 4. The van der Waals surface area contributed by atoms with E-state index in [9.17, 15) is 19.2 Å². The minimum absolute atomic E-state index is 0.0856. The van der Waals surface area contributed by atoms with Crippen molar-refractivity contribution in [3.8, 4) is 0 Å². The smallest absolute Gasteiger partial charge is 0.372 e. The van der Waals surface area contributed by atoms with Crippen molar-refractivity contribution in [1.82, 2.24) is 0 Å². The van der Waals surface area contributed by atoms with E-state index in [1.165, 1.54) is 0 Å². The highest BCUT2D eigenvalue weighted by atomic mass is 16.4. The van der Waals surface area contributed by atoms with Crippen molar-refractivity contribution in [3.05, 3.63) is 11.6 Å². The lowest BCUT2D eigenvalue weighted by atomic mass is 10.0. The second kappa shape index (κ2) is 9.71. The Labute approximate surface area is 116 Å². The summed E-state index contributed by atoms with van der Waals surface area (Å²) in [6, 6.07) is 0. The average Bonchev–Trinajstić information content (AvgIpc) is 2.24. The summed E-state index contributed by atoms with van der Waals surface area (Å²) < 4.78 is 0. The minimum Gasteiger partial charge on any atom is -0.478 e. The normalized spacial score (nSPS) is 10.8. The largest absolute Gasteiger partial charge is 0.478 e. The van der Waals surface area contributed by atoms with Gasteiger partial charge in [-0.3, -0.25) is 4.79 Å². The molecule has 0 amide bonds. The number of carboxylic acid groups (broad SMARTS) is 3. The first kappa shape index (κ1) is 20.1. The van der Waals surface area contributed by atoms with Crippen molar-refractivity contribution in [2.24, 2.45) is 11.8 Å². The van der Waals surface area contributed by atoms with Crippen molar-refractivity contribution in [2.45, 2.75) is 34.1 Å². The molecule has 0 rings (SSSR count). The number of ketones is 1. The number of carbonyl (C=O) groups excluding carboxylic acids is 1. The fourth-order valence-corrected chi connectivity index (χ4v) is 1.07. The first-order valence-electron chi connectivity index (χ1n) is 5.92. The highest BCUT2D eigenvalue weighted by molar-refractivity contribution is 6.32. The molecular formula is C13H20O7. The second-order valence-electron chi connectivity index (χ2n) is 4.72. The van der Waals surface area contributed by atoms with Gasteiger partial charge in [0.1, 0.15) is 0 Å². The van der Waals surface area contributed by atoms with Gasteiger partial charge in [0, 0.05) is 18.1 Å². The van der Waals surface area contributed by atoms with Crippen LogP contribution in [0, 0.1) is 11.8 Å². The summed E-state index contributed by atoms with van der Waals surface area (Å²) in [6.07, 6.45) is 0.850. The van der Waals surface area contributed by atoms with E-state index in [0.29, 0.717) is 6.08 Å². The molecule has 0 heterocycles. The van der Waals surface area contributed by atoms with E-state index in [1.807, 2.05) is 0 Å². The Morgan fingerprint density at radius 2 is 1.35 bits per heavy atom. The lowest BCUT2D eigenvalue weighted by Crippen LogP contribution is -2.14. The molecule has 0 radical (unpaired) electrons. The number of rotatable bonds is 6. The number of carbonyl (C=O) groups is 4. The molecule has 7 heteroatoms. The molecule has 0 aromatic heterocycles. The van der Waals surface area contributed by atoms with E-state index >= 15 is 0 Å². The Morgan fingerprint density at radius 1 is 0.900 bits per heavy atom. The summed E-state index contributed by atoms with van der Waals surface area (Å²) in [5.41, 5.74) is -0.0856. The maximum Gasteiger partial charge on any atom is 0.372 e. The van der Waals surface area contributed by atoms with Gasteiger partial charge in [-0.15, -0.1) is 0 Å². The molecule has 0 saturated carbocycles. The van der Waals surface area contributed by atoms with Crippen LogP contribution in [-0.4, -0.2) is 39.0 Å². The van der Waals surface area contributed by atoms with Crippen LogP contribution in [0.4, 0.5) is 0 Å². The van der Waals surface area contributed by atoms with Gasteiger partial charge in [0.25, 0.3) is 0 Å². The first-order chi connectivity index (χ1) is 8.98. The van der Waals surface area contributed by atoms with Gasteiger partial charge in [-0.05, 0) is 11.8 Å². The number of Topliss-reactive ketones (excluding diaryl/α,β-unsaturated/α-hetero) is 1. The number of hydrogen-bond donors (Lipinski definition) is 3. The van der Waals surface area contributed by atoms with Crippen molar-refractivity contribution >= 4 is 23.7 Å². The molecular weight excluding hydrogens is 268 g/mol. The Kier molecular flexibility index (Phi) is 9.78. The van der Waals surface area contributed by atoms with E-state index < -0.39 is 23.7 Å². The Balaban J connectivity index is 0. The summed E-state index contributed by atoms with van der Waals surface area (Å²) in [6.45, 7) is 6.87. The molecule has 20 heavy (non-hydrogen) atoms. The fraction of sp³-hybridized carbons (Fsp3) is 0.538. The van der Waals surface area contributed by atoms with E-state index in [4.69, 9.17) is 15.3 Å². The molecule has 7 nitrogen and oxygen atoms in total. The molecule has 0 aliphatic heterocycles. The van der Waals surface area contributed by atoms with Crippen LogP contribution < -0.4 is 0 Å². The lowest BCUT2D eigenvalue weighted by molar-refractivity contribution is -0.149. The zero-order valence-corrected chi connectivity index (χ0v) is 11.9. The van der Waals surface area contributed by atoms with E-state index in [1.54, 1.807) is 27.7 Å². The van der Waals surface area contributed by atoms with Gasteiger partial charge in [0.05, 0.1) is 0 Å². The van der Waals surface area contributed by atoms with Crippen LogP contribution >= 0.6 is 0 Å². The van der Waals surface area contributed by atoms with Crippen molar-refractivity contribution in [2.75, 3.05) is 0 Å². The Hall–Kier alpha value is -2.18. The SMILES string of the molecule is CC(C)/C(=C/C(=O)O)C(=O)O.CC(C)CC(=O)C(=O)O. The Morgan fingerprint density at radius 3 is 1.45 bits per heavy atom. The molecule has 0 unspecified atom stereocenters. The molecule has 0 aromatic rings. The molecule has 0 spiro atoms.